The molecule has 1 fully saturated rings. The van der Waals surface area contributed by atoms with Crippen LogP contribution in [0.25, 0.3) is 0 Å². The lowest BCUT2D eigenvalue weighted by Gasteiger charge is -2.30. The summed E-state index contributed by atoms with van der Waals surface area (Å²) in [5.74, 6) is 0. The summed E-state index contributed by atoms with van der Waals surface area (Å²) < 4.78 is 0. The number of unbranched alkanes of at least 4 members (excludes halogenated alkanes) is 1. The first-order chi connectivity index (χ1) is 8.77. The molecule has 1 heterocycles. The fraction of sp³-hybridized carbons (Fsp3) is 0.929. The van der Waals surface area contributed by atoms with Gasteiger partial charge in [-0.1, -0.05) is 26.7 Å². The molecule has 1 atom stereocenters. The first kappa shape index (κ1) is 15.3. The third-order valence-electron chi connectivity index (χ3n) is 3.44. The molecule has 4 nitrogen and oxygen atoms in total. The number of carbonyl (C=O) groups is 1. The minimum absolute atomic E-state index is 0.109. The van der Waals surface area contributed by atoms with Crippen LogP contribution >= 0.6 is 0 Å². The summed E-state index contributed by atoms with van der Waals surface area (Å²) >= 11 is 0. The van der Waals surface area contributed by atoms with E-state index >= 15 is 0 Å². The molecule has 1 unspecified atom stereocenters. The largest absolute Gasteiger partial charge is 0.338 e. The number of hydrogen-bond acceptors (Lipinski definition) is 2. The topological polar surface area (TPSA) is 44.4 Å². The van der Waals surface area contributed by atoms with E-state index in [9.17, 15) is 4.79 Å². The fourth-order valence-corrected chi connectivity index (χ4v) is 2.38. The van der Waals surface area contributed by atoms with Crippen molar-refractivity contribution in [3.8, 4) is 0 Å². The minimum atomic E-state index is 0.109. The fourth-order valence-electron chi connectivity index (χ4n) is 2.38. The molecule has 2 N–H and O–H groups in total. The van der Waals surface area contributed by atoms with Gasteiger partial charge in [0.25, 0.3) is 0 Å². The highest BCUT2D eigenvalue weighted by molar-refractivity contribution is 5.74. The first-order valence-corrected chi connectivity index (χ1v) is 7.54. The lowest BCUT2D eigenvalue weighted by Crippen LogP contribution is -2.49. The number of urea groups is 1. The second-order valence-electron chi connectivity index (χ2n) is 5.18. The molecule has 0 aromatic rings. The van der Waals surface area contributed by atoms with Crippen molar-refractivity contribution >= 4 is 6.03 Å². The van der Waals surface area contributed by atoms with E-state index < -0.39 is 0 Å². The van der Waals surface area contributed by atoms with Gasteiger partial charge in [-0.15, -0.1) is 0 Å². The van der Waals surface area contributed by atoms with Crippen molar-refractivity contribution in [2.45, 2.75) is 58.4 Å². The number of carbonyl (C=O) groups excluding carboxylic acids is 1. The normalized spacial score (nSPS) is 19.6. The molecule has 1 aliphatic rings. The zero-order chi connectivity index (χ0) is 13.2. The van der Waals surface area contributed by atoms with Crippen LogP contribution in [0.5, 0.6) is 0 Å². The summed E-state index contributed by atoms with van der Waals surface area (Å²) in [7, 11) is 0. The summed E-state index contributed by atoms with van der Waals surface area (Å²) in [5.41, 5.74) is 0. The molecule has 0 spiro atoms. The molecular formula is C14H29N3O. The predicted molar refractivity (Wildman–Crippen MR) is 75.8 cm³/mol. The van der Waals surface area contributed by atoms with E-state index in [4.69, 9.17) is 0 Å². The molecule has 0 saturated carbocycles. The maximum Gasteiger partial charge on any atom is 0.317 e. The van der Waals surface area contributed by atoms with Crippen LogP contribution in [0.2, 0.25) is 0 Å². The zero-order valence-corrected chi connectivity index (χ0v) is 12.0. The van der Waals surface area contributed by atoms with E-state index in [2.05, 4.69) is 24.5 Å². The van der Waals surface area contributed by atoms with Gasteiger partial charge in [-0.2, -0.15) is 0 Å². The lowest BCUT2D eigenvalue weighted by atomic mass is 10.0. The summed E-state index contributed by atoms with van der Waals surface area (Å²) in [4.78, 5) is 14.0. The monoisotopic (exact) mass is 255 g/mol. The van der Waals surface area contributed by atoms with Gasteiger partial charge in [-0.05, 0) is 32.2 Å². The summed E-state index contributed by atoms with van der Waals surface area (Å²) in [6.45, 7) is 7.88. The Morgan fingerprint density at radius 1 is 1.33 bits per heavy atom. The van der Waals surface area contributed by atoms with Gasteiger partial charge < -0.3 is 15.5 Å². The number of piperidine rings is 1. The maximum absolute atomic E-state index is 12.1. The van der Waals surface area contributed by atoms with Crippen LogP contribution in [0.1, 0.15) is 52.4 Å². The molecule has 4 heteroatoms. The summed E-state index contributed by atoms with van der Waals surface area (Å²) in [5, 5.41) is 6.53. The number of hydrogen-bond donors (Lipinski definition) is 2. The molecule has 1 saturated heterocycles. The quantitative estimate of drug-likeness (QED) is 0.686. The highest BCUT2D eigenvalue weighted by Crippen LogP contribution is 2.09. The van der Waals surface area contributed by atoms with Gasteiger partial charge in [0, 0.05) is 25.7 Å². The van der Waals surface area contributed by atoms with Crippen molar-refractivity contribution < 1.29 is 4.79 Å². The Kier molecular flexibility index (Phi) is 7.81. The van der Waals surface area contributed by atoms with E-state index in [-0.39, 0.29) is 6.03 Å². The third kappa shape index (κ3) is 5.71. The van der Waals surface area contributed by atoms with Gasteiger partial charge in [0.15, 0.2) is 0 Å². The Bertz CT molecular complexity index is 227. The molecule has 0 aliphatic carbocycles. The van der Waals surface area contributed by atoms with Gasteiger partial charge in [0.2, 0.25) is 0 Å². The molecular weight excluding hydrogens is 226 g/mol. The van der Waals surface area contributed by atoms with Crippen molar-refractivity contribution in [1.82, 2.24) is 15.5 Å². The molecule has 0 bridgehead atoms. The Morgan fingerprint density at radius 2 is 2.17 bits per heavy atom. The lowest BCUT2D eigenvalue weighted by molar-refractivity contribution is 0.186. The Labute approximate surface area is 111 Å². The van der Waals surface area contributed by atoms with Crippen LogP contribution in [0.15, 0.2) is 0 Å². The SMILES string of the molecule is CCCCNC(=O)N(CCC)CC1CCCCN1. The smallest absolute Gasteiger partial charge is 0.317 e. The van der Waals surface area contributed by atoms with Gasteiger partial charge in [-0.25, -0.2) is 4.79 Å². The van der Waals surface area contributed by atoms with E-state index in [1.165, 1.54) is 19.3 Å². The minimum Gasteiger partial charge on any atom is -0.338 e. The average Bonchev–Trinajstić information content (AvgIpc) is 2.39. The maximum atomic E-state index is 12.1. The zero-order valence-electron chi connectivity index (χ0n) is 12.0. The first-order valence-electron chi connectivity index (χ1n) is 7.54. The van der Waals surface area contributed by atoms with Crippen LogP contribution in [-0.2, 0) is 0 Å². The molecule has 1 aliphatic heterocycles. The number of amides is 2. The van der Waals surface area contributed by atoms with E-state index in [0.29, 0.717) is 6.04 Å². The second-order valence-corrected chi connectivity index (χ2v) is 5.18. The third-order valence-corrected chi connectivity index (χ3v) is 3.44. The van der Waals surface area contributed by atoms with Gasteiger partial charge >= 0.3 is 6.03 Å². The number of rotatable bonds is 7. The number of nitrogens with one attached hydrogen (secondary N) is 2. The van der Waals surface area contributed by atoms with Crippen LogP contribution in [0.4, 0.5) is 4.79 Å². The van der Waals surface area contributed by atoms with Crippen molar-refractivity contribution in [3.05, 3.63) is 0 Å². The van der Waals surface area contributed by atoms with Gasteiger partial charge in [-0.3, -0.25) is 0 Å². The standard InChI is InChI=1S/C14H29N3O/c1-3-5-9-16-14(18)17(11-4-2)12-13-8-6-7-10-15-13/h13,15H,3-12H2,1-2H3,(H,16,18). The predicted octanol–water partition coefficient (Wildman–Crippen LogP) is 2.35. The summed E-state index contributed by atoms with van der Waals surface area (Å²) in [6.07, 6.45) is 6.96. The van der Waals surface area contributed by atoms with Crippen LogP contribution in [-0.4, -0.2) is 43.2 Å². The Hall–Kier alpha value is -0.770. The van der Waals surface area contributed by atoms with Crippen LogP contribution in [0, 0.1) is 0 Å². The molecule has 0 radical (unpaired) electrons. The van der Waals surface area contributed by atoms with E-state index in [1.807, 2.05) is 4.90 Å². The van der Waals surface area contributed by atoms with Gasteiger partial charge in [0.1, 0.15) is 0 Å². The highest BCUT2D eigenvalue weighted by atomic mass is 16.2. The average molecular weight is 255 g/mol. The van der Waals surface area contributed by atoms with Crippen molar-refractivity contribution in [1.29, 1.82) is 0 Å². The Balaban J connectivity index is 2.34. The van der Waals surface area contributed by atoms with Crippen LogP contribution < -0.4 is 10.6 Å². The second kappa shape index (κ2) is 9.20. The molecule has 0 aromatic carbocycles. The molecule has 18 heavy (non-hydrogen) atoms. The summed E-state index contributed by atoms with van der Waals surface area (Å²) in [6, 6.07) is 0.597. The van der Waals surface area contributed by atoms with Crippen molar-refractivity contribution in [3.63, 3.8) is 0 Å². The van der Waals surface area contributed by atoms with E-state index in [0.717, 1.165) is 45.4 Å². The molecule has 106 valence electrons. The van der Waals surface area contributed by atoms with Crippen molar-refractivity contribution in [2.75, 3.05) is 26.2 Å². The Morgan fingerprint density at radius 3 is 2.78 bits per heavy atom. The van der Waals surface area contributed by atoms with Gasteiger partial charge in [0.05, 0.1) is 0 Å². The van der Waals surface area contributed by atoms with Crippen LogP contribution in [0.3, 0.4) is 0 Å². The highest BCUT2D eigenvalue weighted by Gasteiger charge is 2.19. The number of nitrogens with zero attached hydrogens (tertiary/aromatic N) is 1. The van der Waals surface area contributed by atoms with E-state index in [1.54, 1.807) is 0 Å². The molecule has 1 rings (SSSR count). The van der Waals surface area contributed by atoms with Crippen molar-refractivity contribution in [2.24, 2.45) is 0 Å². The molecule has 0 aromatic heterocycles. The molecule has 2 amide bonds.